The summed E-state index contributed by atoms with van der Waals surface area (Å²) in [6.07, 6.45) is 1.83. The van der Waals surface area contributed by atoms with E-state index in [1.807, 2.05) is 6.08 Å². The molecule has 0 heterocycles. The van der Waals surface area contributed by atoms with Gasteiger partial charge in [0.05, 0.1) is 6.54 Å². The Morgan fingerprint density at radius 3 is 2.44 bits per heavy atom. The Morgan fingerprint density at radius 1 is 1.33 bits per heavy atom. The fourth-order valence-corrected chi connectivity index (χ4v) is 1.58. The molecule has 0 aromatic carbocycles. The molecular formula is C13H29IN4. The van der Waals surface area contributed by atoms with Crippen LogP contribution in [0.5, 0.6) is 0 Å². The Bertz CT molecular complexity index is 229. The first-order valence-electron chi connectivity index (χ1n) is 6.52. The van der Waals surface area contributed by atoms with Crippen LogP contribution >= 0.6 is 24.0 Å². The third kappa shape index (κ3) is 9.70. The first-order chi connectivity index (χ1) is 8.15. The van der Waals surface area contributed by atoms with Gasteiger partial charge < -0.3 is 10.6 Å². The van der Waals surface area contributed by atoms with Gasteiger partial charge in [0.1, 0.15) is 0 Å². The molecule has 0 radical (unpaired) electrons. The number of aliphatic imine (C=N–C) groups is 1. The molecule has 0 aromatic heterocycles. The normalized spacial score (nSPS) is 11.3. The second-order valence-corrected chi connectivity index (χ2v) is 4.15. The Balaban J connectivity index is 0. The van der Waals surface area contributed by atoms with Gasteiger partial charge in [0, 0.05) is 25.7 Å². The molecule has 0 aliphatic rings. The largest absolute Gasteiger partial charge is 0.357 e. The van der Waals surface area contributed by atoms with Crippen LogP contribution in [0.4, 0.5) is 0 Å². The summed E-state index contributed by atoms with van der Waals surface area (Å²) in [5.41, 5.74) is 0. The van der Waals surface area contributed by atoms with Crippen molar-refractivity contribution in [3.8, 4) is 0 Å². The molecule has 0 aromatic rings. The van der Waals surface area contributed by atoms with Gasteiger partial charge >= 0.3 is 0 Å². The van der Waals surface area contributed by atoms with Gasteiger partial charge in [-0.2, -0.15) is 0 Å². The van der Waals surface area contributed by atoms with Crippen molar-refractivity contribution in [3.63, 3.8) is 0 Å². The van der Waals surface area contributed by atoms with Crippen LogP contribution in [-0.2, 0) is 0 Å². The van der Waals surface area contributed by atoms with Crippen LogP contribution in [0, 0.1) is 0 Å². The topological polar surface area (TPSA) is 39.7 Å². The molecule has 0 atom stereocenters. The monoisotopic (exact) mass is 368 g/mol. The fourth-order valence-electron chi connectivity index (χ4n) is 1.58. The van der Waals surface area contributed by atoms with Crippen LogP contribution in [0.2, 0.25) is 0 Å². The second kappa shape index (κ2) is 13.1. The molecule has 0 bridgehead atoms. The minimum absolute atomic E-state index is 0. The molecule has 0 saturated heterocycles. The maximum atomic E-state index is 4.53. The minimum atomic E-state index is 0. The first kappa shape index (κ1) is 20.0. The van der Waals surface area contributed by atoms with E-state index >= 15 is 0 Å². The van der Waals surface area contributed by atoms with Crippen molar-refractivity contribution in [1.82, 2.24) is 15.5 Å². The summed E-state index contributed by atoms with van der Waals surface area (Å²) < 4.78 is 0. The Hall–Kier alpha value is -0.300. The van der Waals surface area contributed by atoms with Gasteiger partial charge in [0.2, 0.25) is 0 Å². The summed E-state index contributed by atoms with van der Waals surface area (Å²) in [6.45, 7) is 16.9. The maximum absolute atomic E-state index is 4.53. The molecule has 0 amide bonds. The van der Waals surface area contributed by atoms with Gasteiger partial charge in [-0.1, -0.05) is 13.0 Å². The number of rotatable bonds is 8. The molecule has 0 aliphatic heterocycles. The van der Waals surface area contributed by atoms with E-state index in [9.17, 15) is 0 Å². The summed E-state index contributed by atoms with van der Waals surface area (Å²) >= 11 is 0. The van der Waals surface area contributed by atoms with Crippen LogP contribution in [0.3, 0.4) is 0 Å². The van der Waals surface area contributed by atoms with E-state index in [1.54, 1.807) is 0 Å². The zero-order valence-electron chi connectivity index (χ0n) is 12.2. The Kier molecular flexibility index (Phi) is 14.6. The zero-order valence-corrected chi connectivity index (χ0v) is 14.5. The van der Waals surface area contributed by atoms with E-state index in [4.69, 9.17) is 0 Å². The van der Waals surface area contributed by atoms with Crippen molar-refractivity contribution in [2.75, 3.05) is 32.7 Å². The SMILES string of the molecule is C=CCNC(=NCCN(CC)C(C)C)NCC.I. The second-order valence-electron chi connectivity index (χ2n) is 4.15. The highest BCUT2D eigenvalue weighted by atomic mass is 127. The van der Waals surface area contributed by atoms with Gasteiger partial charge in [-0.15, -0.1) is 30.6 Å². The molecule has 0 spiro atoms. The van der Waals surface area contributed by atoms with Crippen LogP contribution in [0.15, 0.2) is 17.6 Å². The van der Waals surface area contributed by atoms with E-state index in [1.165, 1.54) is 0 Å². The number of nitrogens with zero attached hydrogens (tertiary/aromatic N) is 2. The van der Waals surface area contributed by atoms with Crippen molar-refractivity contribution >= 4 is 29.9 Å². The molecule has 18 heavy (non-hydrogen) atoms. The Morgan fingerprint density at radius 2 is 2.00 bits per heavy atom. The number of hydrogen-bond acceptors (Lipinski definition) is 2. The standard InChI is InChI=1S/C13H28N4.HI/c1-6-9-15-13(14-7-2)16-10-11-17(8-3)12(4)5;/h6,12H,1,7-11H2,2-5H3,(H2,14,15,16);1H. The summed E-state index contributed by atoms with van der Waals surface area (Å²) in [6, 6.07) is 0.582. The van der Waals surface area contributed by atoms with E-state index in [0.717, 1.165) is 38.7 Å². The predicted octanol–water partition coefficient (Wildman–Crippen LogP) is 2.08. The van der Waals surface area contributed by atoms with Gasteiger partial charge in [-0.3, -0.25) is 9.89 Å². The van der Waals surface area contributed by atoms with E-state index < -0.39 is 0 Å². The van der Waals surface area contributed by atoms with Gasteiger partial charge in [0.15, 0.2) is 5.96 Å². The molecule has 0 aliphatic carbocycles. The zero-order chi connectivity index (χ0) is 13.1. The molecule has 108 valence electrons. The number of likely N-dealkylation sites (N-methyl/N-ethyl adjacent to an activating group) is 1. The lowest BCUT2D eigenvalue weighted by Gasteiger charge is -2.23. The van der Waals surface area contributed by atoms with Crippen molar-refractivity contribution in [2.24, 2.45) is 4.99 Å². The highest BCUT2D eigenvalue weighted by Crippen LogP contribution is 1.96. The van der Waals surface area contributed by atoms with Gasteiger partial charge in [-0.25, -0.2) is 0 Å². The molecule has 2 N–H and O–H groups in total. The van der Waals surface area contributed by atoms with Crippen molar-refractivity contribution in [1.29, 1.82) is 0 Å². The molecular weight excluding hydrogens is 339 g/mol. The van der Waals surface area contributed by atoms with Gasteiger partial charge in [-0.05, 0) is 27.3 Å². The van der Waals surface area contributed by atoms with E-state index in [0.29, 0.717) is 6.04 Å². The average Bonchev–Trinajstić information content (AvgIpc) is 2.30. The van der Waals surface area contributed by atoms with Gasteiger partial charge in [0.25, 0.3) is 0 Å². The summed E-state index contributed by atoms with van der Waals surface area (Å²) in [5.74, 6) is 0.868. The average molecular weight is 368 g/mol. The third-order valence-corrected chi connectivity index (χ3v) is 2.55. The number of hydrogen-bond donors (Lipinski definition) is 2. The van der Waals surface area contributed by atoms with E-state index in [-0.39, 0.29) is 24.0 Å². The summed E-state index contributed by atoms with van der Waals surface area (Å²) in [5, 5.41) is 6.40. The van der Waals surface area contributed by atoms with Crippen LogP contribution in [0.25, 0.3) is 0 Å². The number of halogens is 1. The molecule has 0 saturated carbocycles. The Labute approximate surface area is 129 Å². The van der Waals surface area contributed by atoms with Crippen LogP contribution in [-0.4, -0.2) is 49.6 Å². The smallest absolute Gasteiger partial charge is 0.191 e. The fraction of sp³-hybridized carbons (Fsp3) is 0.769. The van der Waals surface area contributed by atoms with Crippen LogP contribution in [0.1, 0.15) is 27.7 Å². The number of nitrogens with one attached hydrogen (secondary N) is 2. The lowest BCUT2D eigenvalue weighted by Crippen LogP contribution is -2.38. The van der Waals surface area contributed by atoms with Crippen LogP contribution < -0.4 is 10.6 Å². The highest BCUT2D eigenvalue weighted by Gasteiger charge is 2.05. The van der Waals surface area contributed by atoms with Crippen molar-refractivity contribution in [2.45, 2.75) is 33.7 Å². The maximum Gasteiger partial charge on any atom is 0.191 e. The minimum Gasteiger partial charge on any atom is -0.357 e. The molecule has 5 heteroatoms. The van der Waals surface area contributed by atoms with Crippen molar-refractivity contribution in [3.05, 3.63) is 12.7 Å². The molecule has 4 nitrogen and oxygen atoms in total. The predicted molar refractivity (Wildman–Crippen MR) is 92.0 cm³/mol. The number of guanidine groups is 1. The van der Waals surface area contributed by atoms with Crippen molar-refractivity contribution < 1.29 is 0 Å². The lowest BCUT2D eigenvalue weighted by molar-refractivity contribution is 0.240. The lowest BCUT2D eigenvalue weighted by atomic mass is 10.3. The quantitative estimate of drug-likeness (QED) is 0.298. The molecule has 0 fully saturated rings. The highest BCUT2D eigenvalue weighted by molar-refractivity contribution is 14.0. The third-order valence-electron chi connectivity index (χ3n) is 2.55. The molecule has 0 unspecified atom stereocenters. The summed E-state index contributed by atoms with van der Waals surface area (Å²) in [4.78, 5) is 6.93. The van der Waals surface area contributed by atoms with E-state index in [2.05, 4.69) is 54.8 Å². The summed E-state index contributed by atoms with van der Waals surface area (Å²) in [7, 11) is 0. The first-order valence-corrected chi connectivity index (χ1v) is 6.52. The molecule has 0 rings (SSSR count).